The molecule has 0 aliphatic rings. The van der Waals surface area contributed by atoms with Gasteiger partial charge in [0.05, 0.1) is 37.4 Å². The molecule has 30 heavy (non-hydrogen) atoms. The number of aromatic nitrogens is 2. The SMILES string of the molecule is CCCc1c(C(=O)NCCc2cc(OC)cc(OC)c2)cnn1-c1ccc(Cl)cc1. The molecule has 2 aromatic carbocycles. The van der Waals surface area contributed by atoms with Crippen molar-refractivity contribution in [3.05, 3.63) is 70.5 Å². The third-order valence-electron chi connectivity index (χ3n) is 4.78. The monoisotopic (exact) mass is 427 g/mol. The smallest absolute Gasteiger partial charge is 0.254 e. The van der Waals surface area contributed by atoms with Crippen LogP contribution in [0.5, 0.6) is 11.5 Å². The summed E-state index contributed by atoms with van der Waals surface area (Å²) in [5.74, 6) is 1.32. The lowest BCUT2D eigenvalue weighted by molar-refractivity contribution is 0.0953. The van der Waals surface area contributed by atoms with E-state index < -0.39 is 0 Å². The number of carbonyl (C=O) groups is 1. The minimum atomic E-state index is -0.131. The summed E-state index contributed by atoms with van der Waals surface area (Å²) in [4.78, 5) is 12.8. The van der Waals surface area contributed by atoms with Crippen LogP contribution in [0.3, 0.4) is 0 Å². The van der Waals surface area contributed by atoms with Crippen molar-refractivity contribution in [2.75, 3.05) is 20.8 Å². The Morgan fingerprint density at radius 3 is 2.33 bits per heavy atom. The second-order valence-corrected chi connectivity index (χ2v) is 7.31. The topological polar surface area (TPSA) is 65.4 Å². The lowest BCUT2D eigenvalue weighted by Crippen LogP contribution is -2.26. The molecule has 0 unspecified atom stereocenters. The van der Waals surface area contributed by atoms with Gasteiger partial charge < -0.3 is 14.8 Å². The summed E-state index contributed by atoms with van der Waals surface area (Å²) in [6, 6.07) is 13.1. The molecule has 0 radical (unpaired) electrons. The van der Waals surface area contributed by atoms with E-state index in [4.69, 9.17) is 21.1 Å². The van der Waals surface area contributed by atoms with Crippen molar-refractivity contribution in [3.8, 4) is 17.2 Å². The first-order valence-electron chi connectivity index (χ1n) is 9.88. The number of methoxy groups -OCH3 is 2. The Kier molecular flexibility index (Phi) is 7.36. The number of ether oxygens (including phenoxy) is 2. The molecule has 0 aliphatic heterocycles. The zero-order chi connectivity index (χ0) is 21.5. The second-order valence-electron chi connectivity index (χ2n) is 6.87. The number of halogens is 1. The van der Waals surface area contributed by atoms with Crippen LogP contribution >= 0.6 is 11.6 Å². The molecule has 0 atom stereocenters. The van der Waals surface area contributed by atoms with Crippen molar-refractivity contribution in [2.24, 2.45) is 0 Å². The Bertz CT molecular complexity index is 977. The lowest BCUT2D eigenvalue weighted by Gasteiger charge is -2.11. The summed E-state index contributed by atoms with van der Waals surface area (Å²) in [5, 5.41) is 8.11. The van der Waals surface area contributed by atoms with Crippen LogP contribution in [-0.4, -0.2) is 36.5 Å². The van der Waals surface area contributed by atoms with Gasteiger partial charge in [-0.1, -0.05) is 24.9 Å². The first-order valence-corrected chi connectivity index (χ1v) is 10.3. The molecule has 0 fully saturated rings. The number of nitrogens with one attached hydrogen (secondary N) is 1. The van der Waals surface area contributed by atoms with E-state index in [0.29, 0.717) is 23.6 Å². The highest BCUT2D eigenvalue weighted by molar-refractivity contribution is 6.30. The van der Waals surface area contributed by atoms with Crippen molar-refractivity contribution in [3.63, 3.8) is 0 Å². The normalized spacial score (nSPS) is 10.7. The Balaban J connectivity index is 1.72. The summed E-state index contributed by atoms with van der Waals surface area (Å²) in [6.07, 6.45) is 3.94. The summed E-state index contributed by atoms with van der Waals surface area (Å²) in [5.41, 5.74) is 3.39. The van der Waals surface area contributed by atoms with Gasteiger partial charge in [-0.25, -0.2) is 4.68 Å². The zero-order valence-electron chi connectivity index (χ0n) is 17.4. The van der Waals surface area contributed by atoms with E-state index in [1.54, 1.807) is 20.4 Å². The molecule has 6 nitrogen and oxygen atoms in total. The number of amides is 1. The van der Waals surface area contributed by atoms with Crippen LogP contribution in [0.25, 0.3) is 5.69 Å². The average Bonchev–Trinajstić information content (AvgIpc) is 3.18. The first kappa shape index (κ1) is 21.7. The quantitative estimate of drug-likeness (QED) is 0.547. The maximum atomic E-state index is 12.8. The maximum Gasteiger partial charge on any atom is 0.254 e. The lowest BCUT2D eigenvalue weighted by atomic mass is 10.1. The second kappa shape index (κ2) is 10.2. The highest BCUT2D eigenvalue weighted by Gasteiger charge is 2.17. The van der Waals surface area contributed by atoms with Crippen molar-refractivity contribution in [1.82, 2.24) is 15.1 Å². The molecule has 0 bridgehead atoms. The highest BCUT2D eigenvalue weighted by Crippen LogP contribution is 2.23. The molecule has 1 amide bonds. The predicted molar refractivity (Wildman–Crippen MR) is 118 cm³/mol. The molecule has 1 N–H and O–H groups in total. The molecule has 3 rings (SSSR count). The van der Waals surface area contributed by atoms with Crippen LogP contribution in [0.4, 0.5) is 0 Å². The van der Waals surface area contributed by atoms with Crippen molar-refractivity contribution in [1.29, 1.82) is 0 Å². The molecule has 1 aromatic heterocycles. The molecular weight excluding hydrogens is 402 g/mol. The Morgan fingerprint density at radius 1 is 1.07 bits per heavy atom. The summed E-state index contributed by atoms with van der Waals surface area (Å²) in [6.45, 7) is 2.57. The first-order chi connectivity index (χ1) is 14.5. The molecular formula is C23H26ClN3O3. The van der Waals surface area contributed by atoms with Gasteiger partial charge in [-0.2, -0.15) is 5.10 Å². The zero-order valence-corrected chi connectivity index (χ0v) is 18.2. The van der Waals surface area contributed by atoms with Crippen molar-refractivity contribution >= 4 is 17.5 Å². The molecule has 3 aromatic rings. The summed E-state index contributed by atoms with van der Waals surface area (Å²) in [7, 11) is 3.24. The number of hydrogen-bond acceptors (Lipinski definition) is 4. The van der Waals surface area contributed by atoms with E-state index in [0.717, 1.165) is 41.3 Å². The van der Waals surface area contributed by atoms with E-state index in [-0.39, 0.29) is 5.91 Å². The van der Waals surface area contributed by atoms with Crippen LogP contribution in [0.2, 0.25) is 5.02 Å². The molecule has 0 aliphatic carbocycles. The van der Waals surface area contributed by atoms with Crippen LogP contribution in [0.15, 0.2) is 48.7 Å². The molecule has 7 heteroatoms. The Morgan fingerprint density at radius 2 is 1.73 bits per heavy atom. The largest absolute Gasteiger partial charge is 0.497 e. The minimum Gasteiger partial charge on any atom is -0.497 e. The minimum absolute atomic E-state index is 0.131. The maximum absolute atomic E-state index is 12.8. The number of rotatable bonds is 9. The van der Waals surface area contributed by atoms with Crippen LogP contribution in [0.1, 0.15) is 35.0 Å². The van der Waals surface area contributed by atoms with Gasteiger partial charge >= 0.3 is 0 Å². The fourth-order valence-electron chi connectivity index (χ4n) is 3.27. The molecule has 0 saturated heterocycles. The van der Waals surface area contributed by atoms with Gasteiger partial charge in [-0.05, 0) is 54.8 Å². The van der Waals surface area contributed by atoms with Gasteiger partial charge in [0, 0.05) is 17.6 Å². The van der Waals surface area contributed by atoms with Gasteiger partial charge in [0.2, 0.25) is 0 Å². The van der Waals surface area contributed by atoms with E-state index in [9.17, 15) is 4.79 Å². The fourth-order valence-corrected chi connectivity index (χ4v) is 3.40. The van der Waals surface area contributed by atoms with E-state index >= 15 is 0 Å². The third-order valence-corrected chi connectivity index (χ3v) is 5.03. The van der Waals surface area contributed by atoms with Gasteiger partial charge in [-0.15, -0.1) is 0 Å². The predicted octanol–water partition coefficient (Wildman–Crippen LogP) is 4.47. The van der Waals surface area contributed by atoms with E-state index in [2.05, 4.69) is 17.3 Å². The van der Waals surface area contributed by atoms with Crippen molar-refractivity contribution in [2.45, 2.75) is 26.2 Å². The molecule has 1 heterocycles. The van der Waals surface area contributed by atoms with E-state index in [1.165, 1.54) is 0 Å². The molecule has 158 valence electrons. The number of benzene rings is 2. The number of nitrogens with zero attached hydrogens (tertiary/aromatic N) is 2. The number of carbonyl (C=O) groups excluding carboxylic acids is 1. The Labute approximate surface area is 181 Å². The van der Waals surface area contributed by atoms with Crippen LogP contribution in [-0.2, 0) is 12.8 Å². The highest BCUT2D eigenvalue weighted by atomic mass is 35.5. The van der Waals surface area contributed by atoms with Gasteiger partial charge in [0.15, 0.2) is 0 Å². The molecule has 0 spiro atoms. The average molecular weight is 428 g/mol. The van der Waals surface area contributed by atoms with E-state index in [1.807, 2.05) is 47.1 Å². The van der Waals surface area contributed by atoms with Crippen LogP contribution in [0, 0.1) is 0 Å². The Hall–Kier alpha value is -2.99. The fraction of sp³-hybridized carbons (Fsp3) is 0.304. The van der Waals surface area contributed by atoms with Gasteiger partial charge in [0.25, 0.3) is 5.91 Å². The van der Waals surface area contributed by atoms with Crippen LogP contribution < -0.4 is 14.8 Å². The van der Waals surface area contributed by atoms with Gasteiger partial charge in [-0.3, -0.25) is 4.79 Å². The number of hydrogen-bond donors (Lipinski definition) is 1. The summed E-state index contributed by atoms with van der Waals surface area (Å²) < 4.78 is 12.4. The van der Waals surface area contributed by atoms with Gasteiger partial charge in [0.1, 0.15) is 11.5 Å². The third kappa shape index (κ3) is 5.13. The molecule has 0 saturated carbocycles. The summed E-state index contributed by atoms with van der Waals surface area (Å²) >= 11 is 5.99. The standard InChI is InChI=1S/C23H26ClN3O3/c1-4-5-22-21(15-26-27(22)18-8-6-17(24)7-9-18)23(28)25-11-10-16-12-19(29-2)14-20(13-16)30-3/h6-9,12-15H,4-5,10-11H2,1-3H3,(H,25,28). The van der Waals surface area contributed by atoms with Crippen molar-refractivity contribution < 1.29 is 14.3 Å².